The number of rotatable bonds is 3. The van der Waals surface area contributed by atoms with Gasteiger partial charge in [-0.05, 0) is 59.6 Å². The van der Waals surface area contributed by atoms with Crippen molar-refractivity contribution in [1.82, 2.24) is 9.78 Å². The highest BCUT2D eigenvalue weighted by Gasteiger charge is 2.24. The molecule has 0 radical (unpaired) electrons. The van der Waals surface area contributed by atoms with Gasteiger partial charge in [0.25, 0.3) is 0 Å². The molecule has 138 valence electrons. The molecule has 0 atom stereocenters. The van der Waals surface area contributed by atoms with Crippen LogP contribution in [-0.2, 0) is 7.05 Å². The van der Waals surface area contributed by atoms with Crippen LogP contribution in [0.2, 0.25) is 0 Å². The van der Waals surface area contributed by atoms with E-state index in [0.29, 0.717) is 10.2 Å². The van der Waals surface area contributed by atoms with Gasteiger partial charge in [-0.25, -0.2) is 13.2 Å². The zero-order valence-electron chi connectivity index (χ0n) is 14.7. The summed E-state index contributed by atoms with van der Waals surface area (Å²) in [4.78, 5) is 0. The molecular formula is C19H14BrF3N4. The quantitative estimate of drug-likeness (QED) is 0.591. The van der Waals surface area contributed by atoms with Crippen LogP contribution in [0.3, 0.4) is 0 Å². The largest absolute Gasteiger partial charge is 0.337 e. The highest BCUT2D eigenvalue weighted by atomic mass is 79.9. The number of nitriles is 1. The van der Waals surface area contributed by atoms with E-state index in [1.165, 1.54) is 10.7 Å². The van der Waals surface area contributed by atoms with Gasteiger partial charge in [0.1, 0.15) is 23.3 Å². The van der Waals surface area contributed by atoms with Gasteiger partial charge in [-0.1, -0.05) is 0 Å². The highest BCUT2D eigenvalue weighted by Crippen LogP contribution is 2.38. The number of aryl methyl sites for hydroxylation is 3. The third kappa shape index (κ3) is 3.43. The Morgan fingerprint density at radius 2 is 1.67 bits per heavy atom. The molecule has 0 aliphatic rings. The molecule has 27 heavy (non-hydrogen) atoms. The number of anilines is 2. The third-order valence-electron chi connectivity index (χ3n) is 4.07. The number of hydrogen-bond acceptors (Lipinski definition) is 3. The Hall–Kier alpha value is -2.79. The lowest BCUT2D eigenvalue weighted by Crippen LogP contribution is -2.04. The molecule has 1 heterocycles. The van der Waals surface area contributed by atoms with E-state index in [4.69, 9.17) is 5.26 Å². The zero-order chi connectivity index (χ0) is 19.9. The monoisotopic (exact) mass is 434 g/mol. The number of nitrogens with zero attached hydrogens (tertiary/aromatic N) is 3. The smallest absolute Gasteiger partial charge is 0.148 e. The van der Waals surface area contributed by atoms with Gasteiger partial charge in [-0.15, -0.1) is 0 Å². The zero-order valence-corrected chi connectivity index (χ0v) is 16.2. The Morgan fingerprint density at radius 1 is 1.04 bits per heavy atom. The summed E-state index contributed by atoms with van der Waals surface area (Å²) in [7, 11) is 1.58. The molecule has 3 rings (SSSR count). The number of benzene rings is 2. The summed E-state index contributed by atoms with van der Waals surface area (Å²) >= 11 is 3.30. The molecular weight excluding hydrogens is 421 g/mol. The van der Waals surface area contributed by atoms with Crippen LogP contribution < -0.4 is 5.32 Å². The summed E-state index contributed by atoms with van der Waals surface area (Å²) in [6, 6.07) is 6.69. The van der Waals surface area contributed by atoms with E-state index in [-0.39, 0.29) is 28.2 Å². The van der Waals surface area contributed by atoms with E-state index in [1.807, 2.05) is 0 Å². The minimum atomic E-state index is -0.894. The molecule has 0 spiro atoms. The Bertz CT molecular complexity index is 1050. The molecule has 0 saturated carbocycles. The lowest BCUT2D eigenvalue weighted by Gasteiger charge is -2.14. The molecule has 1 N–H and O–H groups in total. The van der Waals surface area contributed by atoms with Gasteiger partial charge in [0, 0.05) is 11.5 Å². The van der Waals surface area contributed by atoms with Crippen LogP contribution in [0.5, 0.6) is 0 Å². The number of halogens is 4. The molecule has 2 aromatic carbocycles. The van der Waals surface area contributed by atoms with E-state index >= 15 is 0 Å². The Kier molecular flexibility index (Phi) is 4.98. The predicted octanol–water partition coefficient (Wildman–Crippen LogP) is 5.50. The molecule has 3 aromatic rings. The molecule has 0 saturated heterocycles. The summed E-state index contributed by atoms with van der Waals surface area (Å²) < 4.78 is 45.4. The summed E-state index contributed by atoms with van der Waals surface area (Å²) in [6.45, 7) is 3.34. The topological polar surface area (TPSA) is 53.6 Å². The second-order valence-corrected chi connectivity index (χ2v) is 6.94. The fourth-order valence-electron chi connectivity index (χ4n) is 2.92. The fraction of sp³-hybridized carbons (Fsp3) is 0.158. The van der Waals surface area contributed by atoms with E-state index in [1.54, 1.807) is 33.0 Å². The Morgan fingerprint density at radius 3 is 2.22 bits per heavy atom. The van der Waals surface area contributed by atoms with Gasteiger partial charge in [0.2, 0.25) is 0 Å². The molecule has 1 aromatic heterocycles. The van der Waals surface area contributed by atoms with Crippen LogP contribution in [0.4, 0.5) is 24.7 Å². The average Bonchev–Trinajstić information content (AvgIpc) is 2.84. The SMILES string of the molecule is Cc1cc(F)c(Nc2c(-c3c(F)cc(C#N)cc3F)c(C)nn2C)c(Br)c1. The average molecular weight is 435 g/mol. The van der Waals surface area contributed by atoms with Crippen LogP contribution in [0.1, 0.15) is 16.8 Å². The van der Waals surface area contributed by atoms with Gasteiger partial charge >= 0.3 is 0 Å². The summed E-state index contributed by atoms with van der Waals surface area (Å²) in [5.41, 5.74) is 0.896. The minimum absolute atomic E-state index is 0.124. The second kappa shape index (κ2) is 7.08. The lowest BCUT2D eigenvalue weighted by molar-refractivity contribution is 0.588. The van der Waals surface area contributed by atoms with E-state index in [0.717, 1.165) is 17.7 Å². The number of hydrogen-bond donors (Lipinski definition) is 1. The molecule has 8 heteroatoms. The minimum Gasteiger partial charge on any atom is -0.337 e. The summed E-state index contributed by atoms with van der Waals surface area (Å²) in [5.74, 6) is -2.09. The van der Waals surface area contributed by atoms with Crippen molar-refractivity contribution in [2.75, 3.05) is 5.32 Å². The van der Waals surface area contributed by atoms with E-state index in [9.17, 15) is 13.2 Å². The fourth-order valence-corrected chi connectivity index (χ4v) is 3.56. The first-order valence-electron chi connectivity index (χ1n) is 7.88. The van der Waals surface area contributed by atoms with Gasteiger partial charge in [-0.2, -0.15) is 10.4 Å². The summed E-state index contributed by atoms with van der Waals surface area (Å²) in [5, 5.41) is 16.0. The Labute approximate surface area is 162 Å². The Balaban J connectivity index is 2.21. The van der Waals surface area contributed by atoms with Crippen molar-refractivity contribution in [3.05, 3.63) is 63.0 Å². The maximum atomic E-state index is 14.6. The number of nitrogens with one attached hydrogen (secondary N) is 1. The predicted molar refractivity (Wildman–Crippen MR) is 100 cm³/mol. The molecule has 0 aliphatic heterocycles. The van der Waals surface area contributed by atoms with Gasteiger partial charge < -0.3 is 5.32 Å². The standard InChI is InChI=1S/C19H14BrF3N4/c1-9-4-12(20)18(15(23)5-9)25-19-16(10(2)26-27(19)3)17-13(21)6-11(8-24)7-14(17)22/h4-7,25H,1-3H3. The van der Waals surface area contributed by atoms with Gasteiger partial charge in [0.15, 0.2) is 0 Å². The molecule has 0 amide bonds. The van der Waals surface area contributed by atoms with Crippen LogP contribution >= 0.6 is 15.9 Å². The normalized spacial score (nSPS) is 10.7. The van der Waals surface area contributed by atoms with Crippen LogP contribution in [0, 0.1) is 42.6 Å². The maximum absolute atomic E-state index is 14.6. The first kappa shape index (κ1) is 19.0. The van der Waals surface area contributed by atoms with Crippen LogP contribution in [0.25, 0.3) is 11.1 Å². The van der Waals surface area contributed by atoms with E-state index < -0.39 is 17.5 Å². The first-order valence-corrected chi connectivity index (χ1v) is 8.68. The van der Waals surface area contributed by atoms with Crippen molar-refractivity contribution in [1.29, 1.82) is 5.26 Å². The second-order valence-electron chi connectivity index (χ2n) is 6.09. The molecule has 0 unspecified atom stereocenters. The van der Waals surface area contributed by atoms with Crippen molar-refractivity contribution in [2.45, 2.75) is 13.8 Å². The molecule has 0 bridgehead atoms. The highest BCUT2D eigenvalue weighted by molar-refractivity contribution is 9.10. The molecule has 4 nitrogen and oxygen atoms in total. The van der Waals surface area contributed by atoms with E-state index in [2.05, 4.69) is 26.3 Å². The van der Waals surface area contributed by atoms with Crippen molar-refractivity contribution in [3.63, 3.8) is 0 Å². The van der Waals surface area contributed by atoms with Crippen LogP contribution in [0.15, 0.2) is 28.7 Å². The number of aromatic nitrogens is 2. The van der Waals surface area contributed by atoms with Crippen molar-refractivity contribution in [2.24, 2.45) is 7.05 Å². The van der Waals surface area contributed by atoms with Crippen molar-refractivity contribution >= 4 is 27.4 Å². The van der Waals surface area contributed by atoms with Gasteiger partial charge in [-0.3, -0.25) is 4.68 Å². The summed E-state index contributed by atoms with van der Waals surface area (Å²) in [6.07, 6.45) is 0. The third-order valence-corrected chi connectivity index (χ3v) is 4.70. The van der Waals surface area contributed by atoms with Crippen molar-refractivity contribution < 1.29 is 13.2 Å². The lowest BCUT2D eigenvalue weighted by atomic mass is 10.0. The van der Waals surface area contributed by atoms with Crippen LogP contribution in [-0.4, -0.2) is 9.78 Å². The maximum Gasteiger partial charge on any atom is 0.148 e. The van der Waals surface area contributed by atoms with Gasteiger partial charge in [0.05, 0.1) is 34.1 Å². The molecule has 0 aliphatic carbocycles. The first-order chi connectivity index (χ1) is 12.7. The van der Waals surface area contributed by atoms with Crippen molar-refractivity contribution in [3.8, 4) is 17.2 Å². The molecule has 0 fully saturated rings.